The van der Waals surface area contributed by atoms with Gasteiger partial charge in [0, 0.05) is 6.54 Å². The second-order valence-corrected chi connectivity index (χ2v) is 5.80. The van der Waals surface area contributed by atoms with E-state index < -0.39 is 5.54 Å². The van der Waals surface area contributed by atoms with Crippen LogP contribution < -0.4 is 5.32 Å². The molecule has 0 unspecified atom stereocenters. The summed E-state index contributed by atoms with van der Waals surface area (Å²) in [6.07, 6.45) is 1.52. The molecule has 2 aliphatic rings. The number of benzene rings is 1. The van der Waals surface area contributed by atoms with Crippen molar-refractivity contribution in [2.75, 3.05) is 6.54 Å². The Morgan fingerprint density at radius 3 is 2.79 bits per heavy atom. The first-order chi connectivity index (χ1) is 9.04. The fourth-order valence-electron chi connectivity index (χ4n) is 3.12. The SMILES string of the molecule is CC(C)CN1C(=O)N[C@@]2(CCc3ccccc32)C1=O. The molecule has 0 aromatic heterocycles. The minimum atomic E-state index is -0.803. The number of amides is 3. The van der Waals surface area contributed by atoms with Crippen LogP contribution in [0.2, 0.25) is 0 Å². The first kappa shape index (κ1) is 12.2. The Bertz CT molecular complexity index is 553. The molecule has 1 aromatic rings. The summed E-state index contributed by atoms with van der Waals surface area (Å²) in [7, 11) is 0. The average Bonchev–Trinajstić information content (AvgIpc) is 2.85. The van der Waals surface area contributed by atoms with Crippen LogP contribution in [-0.4, -0.2) is 23.4 Å². The average molecular weight is 258 g/mol. The first-order valence-corrected chi connectivity index (χ1v) is 6.77. The number of rotatable bonds is 2. The van der Waals surface area contributed by atoms with Gasteiger partial charge in [0.15, 0.2) is 0 Å². The molecule has 1 aliphatic carbocycles. The van der Waals surface area contributed by atoms with Gasteiger partial charge in [-0.05, 0) is 29.9 Å². The van der Waals surface area contributed by atoms with Gasteiger partial charge in [0.1, 0.15) is 5.54 Å². The highest BCUT2D eigenvalue weighted by Gasteiger charge is 2.55. The van der Waals surface area contributed by atoms with Crippen LogP contribution >= 0.6 is 0 Å². The van der Waals surface area contributed by atoms with Crippen LogP contribution in [0.15, 0.2) is 24.3 Å². The summed E-state index contributed by atoms with van der Waals surface area (Å²) in [6, 6.07) is 7.64. The van der Waals surface area contributed by atoms with Crippen LogP contribution in [0.4, 0.5) is 4.79 Å². The number of aryl methyl sites for hydroxylation is 1. The molecule has 1 saturated heterocycles. The van der Waals surface area contributed by atoms with Gasteiger partial charge in [-0.15, -0.1) is 0 Å². The second-order valence-electron chi connectivity index (χ2n) is 5.80. The highest BCUT2D eigenvalue weighted by molar-refractivity contribution is 6.08. The highest BCUT2D eigenvalue weighted by atomic mass is 16.2. The molecule has 4 nitrogen and oxygen atoms in total. The lowest BCUT2D eigenvalue weighted by atomic mass is 9.92. The van der Waals surface area contributed by atoms with Crippen LogP contribution in [0, 0.1) is 5.92 Å². The lowest BCUT2D eigenvalue weighted by Gasteiger charge is -2.22. The molecule has 1 spiro atoms. The van der Waals surface area contributed by atoms with E-state index in [0.717, 1.165) is 12.0 Å². The molecule has 19 heavy (non-hydrogen) atoms. The number of urea groups is 1. The molecule has 1 aromatic carbocycles. The summed E-state index contributed by atoms with van der Waals surface area (Å²) in [5, 5.41) is 2.93. The van der Waals surface area contributed by atoms with Crippen molar-refractivity contribution in [2.45, 2.75) is 32.2 Å². The zero-order valence-electron chi connectivity index (χ0n) is 11.3. The maximum atomic E-state index is 12.7. The molecule has 100 valence electrons. The molecule has 1 atom stereocenters. The van der Waals surface area contributed by atoms with Gasteiger partial charge in [-0.1, -0.05) is 38.1 Å². The number of nitrogens with one attached hydrogen (secondary N) is 1. The molecule has 1 heterocycles. The second kappa shape index (κ2) is 4.08. The van der Waals surface area contributed by atoms with Crippen molar-refractivity contribution in [2.24, 2.45) is 5.92 Å². The monoisotopic (exact) mass is 258 g/mol. The van der Waals surface area contributed by atoms with Crippen molar-refractivity contribution in [1.29, 1.82) is 0 Å². The van der Waals surface area contributed by atoms with E-state index in [-0.39, 0.29) is 17.9 Å². The zero-order chi connectivity index (χ0) is 13.6. The molecule has 4 heteroatoms. The molecule has 1 N–H and O–H groups in total. The largest absolute Gasteiger partial charge is 0.325 e. The number of carbonyl (C=O) groups is 2. The predicted octanol–water partition coefficient (Wildman–Crippen LogP) is 2.04. The van der Waals surface area contributed by atoms with Crippen molar-refractivity contribution < 1.29 is 9.59 Å². The third kappa shape index (κ3) is 1.66. The number of carbonyl (C=O) groups excluding carboxylic acids is 2. The number of nitrogens with zero attached hydrogens (tertiary/aromatic N) is 1. The number of fused-ring (bicyclic) bond motifs is 2. The van der Waals surface area contributed by atoms with E-state index >= 15 is 0 Å². The van der Waals surface area contributed by atoms with Crippen LogP contribution in [-0.2, 0) is 16.8 Å². The molecule has 1 aliphatic heterocycles. The Hall–Kier alpha value is -1.84. The normalized spacial score (nSPS) is 25.3. The fraction of sp³-hybridized carbons (Fsp3) is 0.467. The van der Waals surface area contributed by atoms with Gasteiger partial charge in [-0.3, -0.25) is 9.69 Å². The van der Waals surface area contributed by atoms with Gasteiger partial charge in [0.05, 0.1) is 0 Å². The predicted molar refractivity (Wildman–Crippen MR) is 71.5 cm³/mol. The molecular weight excluding hydrogens is 240 g/mol. The molecule has 3 rings (SSSR count). The van der Waals surface area contributed by atoms with Gasteiger partial charge in [-0.25, -0.2) is 4.79 Å². The van der Waals surface area contributed by atoms with Crippen molar-refractivity contribution >= 4 is 11.9 Å². The molecule has 3 amide bonds. The maximum absolute atomic E-state index is 12.7. The quantitative estimate of drug-likeness (QED) is 0.825. The smallest absolute Gasteiger partial charge is 0.319 e. The first-order valence-electron chi connectivity index (χ1n) is 6.77. The fourth-order valence-corrected chi connectivity index (χ4v) is 3.12. The van der Waals surface area contributed by atoms with Crippen molar-refractivity contribution in [3.05, 3.63) is 35.4 Å². The Balaban J connectivity index is 2.00. The Morgan fingerprint density at radius 1 is 1.32 bits per heavy atom. The summed E-state index contributed by atoms with van der Waals surface area (Å²) >= 11 is 0. The van der Waals surface area contributed by atoms with E-state index in [1.807, 2.05) is 38.1 Å². The summed E-state index contributed by atoms with van der Waals surface area (Å²) in [6.45, 7) is 4.50. The summed E-state index contributed by atoms with van der Waals surface area (Å²) in [5.41, 5.74) is 1.34. The van der Waals surface area contributed by atoms with Gasteiger partial charge in [0.25, 0.3) is 5.91 Å². The van der Waals surface area contributed by atoms with E-state index in [1.165, 1.54) is 10.5 Å². The Labute approximate surface area is 112 Å². The third-order valence-electron chi connectivity index (χ3n) is 3.97. The van der Waals surface area contributed by atoms with Crippen molar-refractivity contribution in [3.8, 4) is 0 Å². The van der Waals surface area contributed by atoms with E-state index in [0.29, 0.717) is 13.0 Å². The number of hydrogen-bond donors (Lipinski definition) is 1. The van der Waals surface area contributed by atoms with Gasteiger partial charge in [0.2, 0.25) is 0 Å². The van der Waals surface area contributed by atoms with E-state index in [9.17, 15) is 9.59 Å². The number of imide groups is 1. The van der Waals surface area contributed by atoms with Crippen LogP contribution in [0.1, 0.15) is 31.4 Å². The van der Waals surface area contributed by atoms with Gasteiger partial charge in [-0.2, -0.15) is 0 Å². The standard InChI is InChI=1S/C15H18N2O2/c1-10(2)9-17-13(18)15(16-14(17)19)8-7-11-5-3-4-6-12(11)15/h3-6,10H,7-9H2,1-2H3,(H,16,19)/t15-/m1/s1. The summed E-state index contributed by atoms with van der Waals surface area (Å²) < 4.78 is 0. The molecular formula is C15H18N2O2. The molecule has 1 fully saturated rings. The van der Waals surface area contributed by atoms with Crippen LogP contribution in [0.5, 0.6) is 0 Å². The topological polar surface area (TPSA) is 49.4 Å². The maximum Gasteiger partial charge on any atom is 0.325 e. The lowest BCUT2D eigenvalue weighted by molar-refractivity contribution is -0.131. The van der Waals surface area contributed by atoms with Gasteiger partial charge >= 0.3 is 6.03 Å². The van der Waals surface area contributed by atoms with Crippen molar-refractivity contribution in [1.82, 2.24) is 10.2 Å². The molecule has 0 saturated carbocycles. The lowest BCUT2D eigenvalue weighted by Crippen LogP contribution is -2.42. The third-order valence-corrected chi connectivity index (χ3v) is 3.97. The summed E-state index contributed by atoms with van der Waals surface area (Å²) in [5.74, 6) is 0.192. The Kier molecular flexibility index (Phi) is 2.62. The van der Waals surface area contributed by atoms with Crippen LogP contribution in [0.25, 0.3) is 0 Å². The molecule has 0 bridgehead atoms. The van der Waals surface area contributed by atoms with Gasteiger partial charge < -0.3 is 5.32 Å². The summed E-state index contributed by atoms with van der Waals surface area (Å²) in [4.78, 5) is 26.1. The Morgan fingerprint density at radius 2 is 2.05 bits per heavy atom. The van der Waals surface area contributed by atoms with E-state index in [4.69, 9.17) is 0 Å². The van der Waals surface area contributed by atoms with E-state index in [1.54, 1.807) is 0 Å². The highest BCUT2D eigenvalue weighted by Crippen LogP contribution is 2.41. The van der Waals surface area contributed by atoms with Crippen molar-refractivity contribution in [3.63, 3.8) is 0 Å². The minimum Gasteiger partial charge on any atom is -0.319 e. The zero-order valence-corrected chi connectivity index (χ0v) is 11.3. The number of hydrogen-bond acceptors (Lipinski definition) is 2. The molecule has 0 radical (unpaired) electrons. The minimum absolute atomic E-state index is 0.0869. The van der Waals surface area contributed by atoms with Crippen LogP contribution in [0.3, 0.4) is 0 Å². The van der Waals surface area contributed by atoms with E-state index in [2.05, 4.69) is 5.32 Å².